The molecule has 146 valence electrons. The minimum Gasteiger partial charge on any atom is -0.384 e. The predicted molar refractivity (Wildman–Crippen MR) is 111 cm³/mol. The number of rotatable bonds is 3. The summed E-state index contributed by atoms with van der Waals surface area (Å²) < 4.78 is 5.27. The second-order valence-corrected chi connectivity index (χ2v) is 7.81. The van der Waals surface area contributed by atoms with Crippen LogP contribution in [0.2, 0.25) is 0 Å². The maximum absolute atomic E-state index is 12.2. The first-order valence-corrected chi connectivity index (χ1v) is 9.03. The molecule has 3 rings (SSSR count). The third-order valence-corrected chi connectivity index (χ3v) is 4.34. The Hall–Kier alpha value is -3.35. The number of nitrogens with one attached hydrogen (secondary N) is 2. The average Bonchev–Trinajstić information content (AvgIpc) is 3.04. The fourth-order valence-corrected chi connectivity index (χ4v) is 2.98. The fraction of sp³-hybridized carbons (Fsp3) is 0.286. The summed E-state index contributed by atoms with van der Waals surface area (Å²) in [5.74, 6) is 1.59. The van der Waals surface area contributed by atoms with Crippen molar-refractivity contribution in [3.05, 3.63) is 53.4 Å². The summed E-state index contributed by atoms with van der Waals surface area (Å²) >= 11 is 0. The second kappa shape index (κ2) is 7.34. The number of pyridine rings is 1. The van der Waals surface area contributed by atoms with Gasteiger partial charge in [-0.2, -0.15) is 0 Å². The van der Waals surface area contributed by atoms with Crippen LogP contribution in [0.25, 0.3) is 11.1 Å². The van der Waals surface area contributed by atoms with Gasteiger partial charge < -0.3 is 15.6 Å². The van der Waals surface area contributed by atoms with Gasteiger partial charge in [-0.05, 0) is 43.2 Å². The van der Waals surface area contributed by atoms with Crippen molar-refractivity contribution in [2.24, 2.45) is 0 Å². The third-order valence-electron chi connectivity index (χ3n) is 4.34. The van der Waals surface area contributed by atoms with E-state index in [-0.39, 0.29) is 11.4 Å². The molecule has 0 saturated carbocycles. The van der Waals surface area contributed by atoms with Crippen molar-refractivity contribution in [1.82, 2.24) is 10.1 Å². The van der Waals surface area contributed by atoms with Crippen LogP contribution in [0, 0.1) is 13.8 Å². The van der Waals surface area contributed by atoms with Gasteiger partial charge >= 0.3 is 6.03 Å². The molecule has 3 aromatic rings. The molecule has 0 aliphatic heterocycles. The van der Waals surface area contributed by atoms with Crippen molar-refractivity contribution in [3.8, 4) is 11.1 Å². The van der Waals surface area contributed by atoms with Crippen molar-refractivity contribution in [2.45, 2.75) is 40.0 Å². The monoisotopic (exact) mass is 379 g/mol. The van der Waals surface area contributed by atoms with Gasteiger partial charge in [0.1, 0.15) is 11.6 Å². The Morgan fingerprint density at radius 2 is 1.75 bits per heavy atom. The number of aromatic nitrogens is 2. The zero-order valence-corrected chi connectivity index (χ0v) is 16.8. The fourth-order valence-electron chi connectivity index (χ4n) is 2.98. The highest BCUT2D eigenvalue weighted by Gasteiger charge is 2.20. The molecule has 0 unspecified atom stereocenters. The number of hydrogen-bond acceptors (Lipinski definition) is 5. The van der Waals surface area contributed by atoms with E-state index >= 15 is 0 Å². The molecule has 4 N–H and O–H groups in total. The molecule has 0 bridgehead atoms. The standard InChI is InChI=1S/C21H25N5O2/c1-12-10-17(22)23-13(2)19(12)14-6-8-15(9-7-14)24-20(27)25-18-11-16(28-26-18)21(3,4)5/h6-11H,1-5H3,(H2,22,23)(H2,24,25,26,27). The number of carbonyl (C=O) groups excluding carboxylic acids is 1. The van der Waals surface area contributed by atoms with E-state index in [0.29, 0.717) is 23.1 Å². The molecule has 0 saturated heterocycles. The first-order valence-electron chi connectivity index (χ1n) is 9.03. The zero-order valence-electron chi connectivity index (χ0n) is 16.8. The van der Waals surface area contributed by atoms with E-state index in [4.69, 9.17) is 10.3 Å². The lowest BCUT2D eigenvalue weighted by Crippen LogP contribution is -2.19. The molecule has 7 heteroatoms. The summed E-state index contributed by atoms with van der Waals surface area (Å²) in [5.41, 5.74) is 10.3. The third kappa shape index (κ3) is 4.31. The highest BCUT2D eigenvalue weighted by molar-refractivity contribution is 5.99. The average molecular weight is 379 g/mol. The van der Waals surface area contributed by atoms with Crippen LogP contribution in [0.5, 0.6) is 0 Å². The number of nitrogen functional groups attached to an aromatic ring is 1. The number of anilines is 3. The summed E-state index contributed by atoms with van der Waals surface area (Å²) in [6, 6.07) is 10.8. The van der Waals surface area contributed by atoms with Gasteiger partial charge in [-0.15, -0.1) is 0 Å². The van der Waals surface area contributed by atoms with Gasteiger partial charge in [0.15, 0.2) is 5.82 Å². The molecule has 0 radical (unpaired) electrons. The summed E-state index contributed by atoms with van der Waals surface area (Å²) in [4.78, 5) is 16.5. The van der Waals surface area contributed by atoms with Crippen molar-refractivity contribution in [3.63, 3.8) is 0 Å². The lowest BCUT2D eigenvalue weighted by Gasteiger charge is -2.12. The molecule has 2 heterocycles. The molecule has 28 heavy (non-hydrogen) atoms. The molecule has 0 aliphatic carbocycles. The number of nitrogens with two attached hydrogens (primary N) is 1. The van der Waals surface area contributed by atoms with Crippen LogP contribution in [0.15, 0.2) is 40.9 Å². The Balaban J connectivity index is 1.69. The van der Waals surface area contributed by atoms with Crippen LogP contribution in [-0.2, 0) is 5.41 Å². The number of carbonyl (C=O) groups is 1. The molecule has 2 amide bonds. The summed E-state index contributed by atoms with van der Waals surface area (Å²) in [7, 11) is 0. The van der Waals surface area contributed by atoms with E-state index < -0.39 is 0 Å². The number of nitrogens with zero attached hydrogens (tertiary/aromatic N) is 2. The van der Waals surface area contributed by atoms with Crippen molar-refractivity contribution < 1.29 is 9.32 Å². The Kier molecular flexibility index (Phi) is 5.09. The molecule has 2 aromatic heterocycles. The second-order valence-electron chi connectivity index (χ2n) is 7.81. The molecule has 0 spiro atoms. The van der Waals surface area contributed by atoms with Gasteiger partial charge in [0.2, 0.25) is 0 Å². The van der Waals surface area contributed by atoms with Crippen LogP contribution in [0.4, 0.5) is 22.1 Å². The highest BCUT2D eigenvalue weighted by atomic mass is 16.5. The smallest absolute Gasteiger partial charge is 0.324 e. The first kappa shape index (κ1) is 19.4. The lowest BCUT2D eigenvalue weighted by molar-refractivity contribution is 0.262. The van der Waals surface area contributed by atoms with Gasteiger partial charge in [-0.1, -0.05) is 38.1 Å². The maximum Gasteiger partial charge on any atom is 0.324 e. The largest absolute Gasteiger partial charge is 0.384 e. The number of hydrogen-bond donors (Lipinski definition) is 3. The van der Waals surface area contributed by atoms with E-state index in [9.17, 15) is 4.79 Å². The van der Waals surface area contributed by atoms with Crippen LogP contribution >= 0.6 is 0 Å². The summed E-state index contributed by atoms with van der Waals surface area (Å²) in [6.45, 7) is 9.97. The molecule has 1 aromatic carbocycles. The van der Waals surface area contributed by atoms with Gasteiger partial charge in [0.25, 0.3) is 0 Å². The lowest BCUT2D eigenvalue weighted by atomic mass is 9.93. The molecule has 0 atom stereocenters. The molecular formula is C21H25N5O2. The van der Waals surface area contributed by atoms with Crippen molar-refractivity contribution >= 4 is 23.4 Å². The van der Waals surface area contributed by atoms with E-state index in [1.807, 2.05) is 65.0 Å². The normalized spacial score (nSPS) is 11.3. The SMILES string of the molecule is Cc1cc(N)nc(C)c1-c1ccc(NC(=O)Nc2cc(C(C)(C)C)on2)cc1. The predicted octanol–water partition coefficient (Wildman–Crippen LogP) is 4.88. The Labute approximate surface area is 164 Å². The van der Waals surface area contributed by atoms with E-state index in [0.717, 1.165) is 22.4 Å². The maximum atomic E-state index is 12.2. The Bertz CT molecular complexity index is 977. The topological polar surface area (TPSA) is 106 Å². The van der Waals surface area contributed by atoms with E-state index in [1.54, 1.807) is 6.07 Å². The number of benzene rings is 1. The van der Waals surface area contributed by atoms with Crippen LogP contribution in [0.1, 0.15) is 37.8 Å². The van der Waals surface area contributed by atoms with Crippen LogP contribution in [0.3, 0.4) is 0 Å². The van der Waals surface area contributed by atoms with Gasteiger partial charge in [-0.25, -0.2) is 9.78 Å². The summed E-state index contributed by atoms with van der Waals surface area (Å²) in [5, 5.41) is 9.34. The number of amides is 2. The first-order chi connectivity index (χ1) is 13.1. The van der Waals surface area contributed by atoms with Gasteiger partial charge in [0.05, 0.1) is 0 Å². The highest BCUT2D eigenvalue weighted by Crippen LogP contribution is 2.28. The molecular weight excluding hydrogens is 354 g/mol. The van der Waals surface area contributed by atoms with Crippen molar-refractivity contribution in [1.29, 1.82) is 0 Å². The molecule has 0 fully saturated rings. The van der Waals surface area contributed by atoms with Gasteiger partial charge in [-0.3, -0.25) is 5.32 Å². The van der Waals surface area contributed by atoms with Crippen LogP contribution in [-0.4, -0.2) is 16.2 Å². The van der Waals surface area contributed by atoms with E-state index in [2.05, 4.69) is 20.8 Å². The van der Waals surface area contributed by atoms with Gasteiger partial charge in [0, 0.05) is 28.4 Å². The molecule has 0 aliphatic rings. The Morgan fingerprint density at radius 3 is 2.32 bits per heavy atom. The Morgan fingerprint density at radius 1 is 1.07 bits per heavy atom. The number of aryl methyl sites for hydroxylation is 2. The molecule has 7 nitrogen and oxygen atoms in total. The van der Waals surface area contributed by atoms with E-state index in [1.165, 1.54) is 0 Å². The minimum absolute atomic E-state index is 0.174. The van der Waals surface area contributed by atoms with Crippen molar-refractivity contribution in [2.75, 3.05) is 16.4 Å². The number of urea groups is 1. The van der Waals surface area contributed by atoms with Crippen LogP contribution < -0.4 is 16.4 Å². The quantitative estimate of drug-likeness (QED) is 0.601. The minimum atomic E-state index is -0.386. The zero-order chi connectivity index (χ0) is 20.5. The summed E-state index contributed by atoms with van der Waals surface area (Å²) in [6.07, 6.45) is 0.